The van der Waals surface area contributed by atoms with Gasteiger partial charge in [-0.3, -0.25) is 0 Å². The van der Waals surface area contributed by atoms with Crippen molar-refractivity contribution < 1.29 is 19.4 Å². The van der Waals surface area contributed by atoms with E-state index >= 15 is 0 Å². The number of imidazole rings is 1. The number of likely N-dealkylation sites (tertiary alicyclic amines) is 1. The van der Waals surface area contributed by atoms with Gasteiger partial charge in [0.1, 0.15) is 0 Å². The van der Waals surface area contributed by atoms with Crippen molar-refractivity contribution in [1.29, 1.82) is 0 Å². The van der Waals surface area contributed by atoms with E-state index in [0.29, 0.717) is 48.9 Å². The summed E-state index contributed by atoms with van der Waals surface area (Å²) >= 11 is 0. The number of aromatic nitrogens is 4. The Hall–Kier alpha value is -3.29. The lowest BCUT2D eigenvalue weighted by atomic mass is 9.87. The van der Waals surface area contributed by atoms with E-state index in [1.165, 1.54) is 6.08 Å². The molecule has 13 heteroatoms. The standard InChI is InChI=1S/C28H45N9O4/c1-6-20(16-38)32-27-33-25(24-26(34-27)37(17-30-24)18(2)3)31-21-10-13-36(22(14-21)19-9-11-29-15-19)28(40)41-23(39)8-7-12-35(4)5/h7-8,17-22,29,38H,6,9-16H2,1-5H3,(H2,31,32,33,34)/b8-7+. The number of hydrogen-bond acceptors (Lipinski definition) is 11. The largest absolute Gasteiger partial charge is 0.418 e. The van der Waals surface area contributed by atoms with Crippen LogP contribution in [0.15, 0.2) is 18.5 Å². The van der Waals surface area contributed by atoms with Gasteiger partial charge in [0.2, 0.25) is 5.95 Å². The molecule has 41 heavy (non-hydrogen) atoms. The zero-order valence-electron chi connectivity index (χ0n) is 24.8. The first kappa shape index (κ1) is 30.7. The fourth-order valence-corrected chi connectivity index (χ4v) is 5.46. The molecule has 2 aliphatic heterocycles. The number of ether oxygens (including phenoxy) is 1. The van der Waals surface area contributed by atoms with Crippen molar-refractivity contribution >= 4 is 35.0 Å². The van der Waals surface area contributed by atoms with Crippen LogP contribution >= 0.6 is 0 Å². The smallest absolute Gasteiger partial charge is 0.394 e. The van der Waals surface area contributed by atoms with E-state index in [4.69, 9.17) is 14.7 Å². The van der Waals surface area contributed by atoms with Gasteiger partial charge in [-0.05, 0) is 72.6 Å². The first-order chi connectivity index (χ1) is 19.7. The highest BCUT2D eigenvalue weighted by Gasteiger charge is 2.39. The number of anilines is 2. The quantitative estimate of drug-likeness (QED) is 0.179. The number of carbonyl (C=O) groups excluding carboxylic acids is 2. The number of likely N-dealkylation sites (N-methyl/N-ethyl adjacent to an activating group) is 1. The topological polar surface area (TPSA) is 150 Å². The second-order valence-electron chi connectivity index (χ2n) is 11.5. The minimum absolute atomic E-state index is 0.0234. The Bertz CT molecular complexity index is 1200. The van der Waals surface area contributed by atoms with Crippen molar-refractivity contribution in [3.63, 3.8) is 0 Å². The average Bonchev–Trinajstić information content (AvgIpc) is 3.62. The Morgan fingerprint density at radius 3 is 2.76 bits per heavy atom. The number of aliphatic hydroxyl groups is 1. The third-order valence-electron chi connectivity index (χ3n) is 7.80. The van der Waals surface area contributed by atoms with Crippen LogP contribution in [0.2, 0.25) is 0 Å². The third-order valence-corrected chi connectivity index (χ3v) is 7.80. The first-order valence-electron chi connectivity index (χ1n) is 14.6. The number of fused-ring (bicyclic) bond motifs is 1. The first-order valence-corrected chi connectivity index (χ1v) is 14.6. The number of esters is 1. The number of nitrogens with one attached hydrogen (secondary N) is 3. The second-order valence-corrected chi connectivity index (χ2v) is 11.5. The predicted octanol–water partition coefficient (Wildman–Crippen LogP) is 2.23. The van der Waals surface area contributed by atoms with Gasteiger partial charge in [0.25, 0.3) is 0 Å². The van der Waals surface area contributed by atoms with Gasteiger partial charge in [-0.1, -0.05) is 13.0 Å². The molecule has 0 aromatic carbocycles. The summed E-state index contributed by atoms with van der Waals surface area (Å²) in [5.41, 5.74) is 1.39. The van der Waals surface area contributed by atoms with Crippen LogP contribution in [0.5, 0.6) is 0 Å². The molecule has 4 N–H and O–H groups in total. The molecule has 0 spiro atoms. The minimum atomic E-state index is -0.655. The molecule has 2 aliphatic rings. The van der Waals surface area contributed by atoms with E-state index < -0.39 is 12.1 Å². The monoisotopic (exact) mass is 571 g/mol. The van der Waals surface area contributed by atoms with Crippen molar-refractivity contribution in [2.24, 2.45) is 5.92 Å². The number of aliphatic hydroxyl groups excluding tert-OH is 1. The average molecular weight is 572 g/mol. The maximum absolute atomic E-state index is 13.1. The van der Waals surface area contributed by atoms with Crippen LogP contribution in [-0.2, 0) is 9.53 Å². The minimum Gasteiger partial charge on any atom is -0.394 e. The van der Waals surface area contributed by atoms with Crippen LogP contribution in [0.1, 0.15) is 52.5 Å². The van der Waals surface area contributed by atoms with Gasteiger partial charge in [0, 0.05) is 37.3 Å². The van der Waals surface area contributed by atoms with Crippen LogP contribution in [0.3, 0.4) is 0 Å². The molecule has 2 aromatic rings. The summed E-state index contributed by atoms with van der Waals surface area (Å²) in [6, 6.07) is -0.0754. The number of hydrogen-bond donors (Lipinski definition) is 4. The molecular formula is C28H45N9O4. The number of piperidine rings is 1. The van der Waals surface area contributed by atoms with E-state index in [2.05, 4.69) is 34.8 Å². The van der Waals surface area contributed by atoms with Gasteiger partial charge in [-0.15, -0.1) is 0 Å². The van der Waals surface area contributed by atoms with Gasteiger partial charge >= 0.3 is 12.1 Å². The Balaban J connectivity index is 1.53. The fraction of sp³-hybridized carbons (Fsp3) is 0.679. The van der Waals surface area contributed by atoms with Gasteiger partial charge < -0.3 is 40.2 Å². The molecule has 1 amide bonds. The number of nitrogens with zero attached hydrogens (tertiary/aromatic N) is 6. The molecule has 226 valence electrons. The second kappa shape index (κ2) is 14.1. The molecule has 13 nitrogen and oxygen atoms in total. The maximum atomic E-state index is 13.1. The summed E-state index contributed by atoms with van der Waals surface area (Å²) in [6.45, 7) is 8.85. The zero-order valence-corrected chi connectivity index (χ0v) is 24.8. The molecule has 0 radical (unpaired) electrons. The van der Waals surface area contributed by atoms with Crippen molar-refractivity contribution in [2.45, 2.75) is 70.6 Å². The van der Waals surface area contributed by atoms with Crippen molar-refractivity contribution in [2.75, 3.05) is 57.5 Å². The lowest BCUT2D eigenvalue weighted by Gasteiger charge is -2.41. The lowest BCUT2D eigenvalue weighted by molar-refractivity contribution is -0.133. The molecule has 4 unspecified atom stereocenters. The highest BCUT2D eigenvalue weighted by atomic mass is 16.6. The van der Waals surface area contributed by atoms with Crippen molar-refractivity contribution in [3.8, 4) is 0 Å². The third kappa shape index (κ3) is 7.72. The molecule has 0 bridgehead atoms. The summed E-state index contributed by atoms with van der Waals surface area (Å²) in [5, 5.41) is 20.0. The van der Waals surface area contributed by atoms with Crippen LogP contribution in [0, 0.1) is 5.92 Å². The molecule has 4 heterocycles. The van der Waals surface area contributed by atoms with Crippen LogP contribution < -0.4 is 16.0 Å². The Morgan fingerprint density at radius 1 is 1.29 bits per heavy atom. The SMILES string of the molecule is CCC(CO)Nc1nc(NC2CCN(C(=O)OC(=O)/C=C/CN(C)C)C(C3CCNC3)C2)c2ncn(C(C)C)c2n1. The van der Waals surface area contributed by atoms with Gasteiger partial charge in [0.05, 0.1) is 19.0 Å². The maximum Gasteiger partial charge on any atom is 0.418 e. The predicted molar refractivity (Wildman–Crippen MR) is 158 cm³/mol. The van der Waals surface area contributed by atoms with Crippen LogP contribution in [0.25, 0.3) is 11.2 Å². The van der Waals surface area contributed by atoms with E-state index in [1.54, 1.807) is 17.3 Å². The molecule has 4 atom stereocenters. The van der Waals surface area contributed by atoms with Gasteiger partial charge in [-0.25, -0.2) is 14.6 Å². The van der Waals surface area contributed by atoms with E-state index in [9.17, 15) is 14.7 Å². The summed E-state index contributed by atoms with van der Waals surface area (Å²) in [4.78, 5) is 43.2. The number of carbonyl (C=O) groups is 2. The molecule has 0 aliphatic carbocycles. The van der Waals surface area contributed by atoms with Gasteiger partial charge in [-0.2, -0.15) is 9.97 Å². The number of amides is 1. The molecule has 2 saturated heterocycles. The summed E-state index contributed by atoms with van der Waals surface area (Å²) in [5.74, 6) is 0.652. The Kier molecular flexibility index (Phi) is 10.5. The molecule has 0 saturated carbocycles. The van der Waals surface area contributed by atoms with E-state index in [0.717, 1.165) is 25.9 Å². The molecular weight excluding hydrogens is 526 g/mol. The Morgan fingerprint density at radius 2 is 2.10 bits per heavy atom. The van der Waals surface area contributed by atoms with Crippen molar-refractivity contribution in [3.05, 3.63) is 18.5 Å². The van der Waals surface area contributed by atoms with E-state index in [-0.39, 0.29) is 36.7 Å². The highest BCUT2D eigenvalue weighted by Crippen LogP contribution is 2.31. The molecule has 4 rings (SSSR count). The lowest BCUT2D eigenvalue weighted by Crippen LogP contribution is -2.53. The Labute approximate surface area is 241 Å². The molecule has 2 fully saturated rings. The fourth-order valence-electron chi connectivity index (χ4n) is 5.46. The highest BCUT2D eigenvalue weighted by molar-refractivity contribution is 5.91. The zero-order chi connectivity index (χ0) is 29.5. The van der Waals surface area contributed by atoms with Crippen LogP contribution in [-0.4, -0.2) is 111 Å². The van der Waals surface area contributed by atoms with E-state index in [1.807, 2.05) is 30.5 Å². The normalized spacial score (nSPS) is 22.1. The summed E-state index contributed by atoms with van der Waals surface area (Å²) in [7, 11) is 3.80. The molecule has 2 aromatic heterocycles. The summed E-state index contributed by atoms with van der Waals surface area (Å²) < 4.78 is 7.21. The number of rotatable bonds is 11. The van der Waals surface area contributed by atoms with Gasteiger partial charge in [0.15, 0.2) is 17.0 Å². The summed E-state index contributed by atoms with van der Waals surface area (Å²) in [6.07, 6.45) is 7.17. The van der Waals surface area contributed by atoms with Crippen LogP contribution in [0.4, 0.5) is 16.6 Å². The van der Waals surface area contributed by atoms with Crippen molar-refractivity contribution in [1.82, 2.24) is 34.6 Å².